The van der Waals surface area contributed by atoms with Gasteiger partial charge < -0.3 is 20.7 Å². The smallest absolute Gasteiger partial charge is 0.258 e. The monoisotopic (exact) mass is 557 g/mol. The Kier molecular flexibility index (Phi) is 10.9. The van der Waals surface area contributed by atoms with Crippen molar-refractivity contribution < 1.29 is 9.53 Å². The number of benzene rings is 1. The fourth-order valence-electron chi connectivity index (χ4n) is 2.82. The average molecular weight is 558 g/mol. The van der Waals surface area contributed by atoms with Crippen molar-refractivity contribution >= 4 is 47.4 Å². The molecule has 7 nitrogen and oxygen atoms in total. The second kappa shape index (κ2) is 13.4. The molecule has 0 spiro atoms. The summed E-state index contributed by atoms with van der Waals surface area (Å²) in [6.07, 6.45) is 5.63. The third-order valence-electron chi connectivity index (χ3n) is 4.66. The van der Waals surface area contributed by atoms with Gasteiger partial charge in [0.2, 0.25) is 0 Å². The van der Waals surface area contributed by atoms with E-state index < -0.39 is 0 Å². The Hall–Kier alpha value is -2.07. The Balaban J connectivity index is 0.00000341. The molecule has 9 heteroatoms. The van der Waals surface area contributed by atoms with Gasteiger partial charge in [-0.2, -0.15) is 0 Å². The molecular formula is C22H29ClIN5O2. The zero-order valence-corrected chi connectivity index (χ0v) is 20.7. The number of carbonyl (C=O) groups is 1. The average Bonchev–Trinajstić information content (AvgIpc) is 3.57. The number of guanidine groups is 1. The van der Waals surface area contributed by atoms with E-state index in [1.807, 2.05) is 30.3 Å². The number of rotatable bonds is 10. The number of nitrogens with zero attached hydrogens (tertiary/aromatic N) is 2. The Bertz CT molecular complexity index is 842. The van der Waals surface area contributed by atoms with Gasteiger partial charge in [0.05, 0.1) is 0 Å². The van der Waals surface area contributed by atoms with Gasteiger partial charge in [-0.15, -0.1) is 24.0 Å². The Morgan fingerprint density at radius 3 is 2.32 bits per heavy atom. The molecule has 168 valence electrons. The van der Waals surface area contributed by atoms with Crippen LogP contribution in [0, 0.1) is 0 Å². The lowest BCUT2D eigenvalue weighted by Crippen LogP contribution is -2.39. The Morgan fingerprint density at radius 1 is 1.10 bits per heavy atom. The van der Waals surface area contributed by atoms with E-state index in [9.17, 15) is 4.79 Å². The van der Waals surface area contributed by atoms with Gasteiger partial charge in [-0.3, -0.25) is 9.79 Å². The van der Waals surface area contributed by atoms with E-state index in [2.05, 4.69) is 25.9 Å². The van der Waals surface area contributed by atoms with Gasteiger partial charge in [0.15, 0.2) is 12.6 Å². The molecule has 0 aliphatic heterocycles. The fourth-order valence-corrected chi connectivity index (χ4v) is 2.94. The topological polar surface area (TPSA) is 87.6 Å². The van der Waals surface area contributed by atoms with Gasteiger partial charge in [0.1, 0.15) is 10.9 Å². The molecule has 1 saturated carbocycles. The summed E-state index contributed by atoms with van der Waals surface area (Å²) in [6.45, 7) is 1.57. The van der Waals surface area contributed by atoms with Crippen molar-refractivity contribution in [3.8, 4) is 5.75 Å². The number of halogens is 2. The third kappa shape index (κ3) is 9.73. The Morgan fingerprint density at radius 2 is 1.74 bits per heavy atom. The van der Waals surface area contributed by atoms with Crippen LogP contribution in [0.3, 0.4) is 0 Å². The van der Waals surface area contributed by atoms with Gasteiger partial charge in [0, 0.05) is 32.4 Å². The lowest BCUT2D eigenvalue weighted by atomic mass is 10.1. The molecule has 1 aromatic heterocycles. The normalized spacial score (nSPS) is 13.2. The minimum atomic E-state index is -0.0583. The van der Waals surface area contributed by atoms with Crippen molar-refractivity contribution in [1.82, 2.24) is 20.9 Å². The van der Waals surface area contributed by atoms with E-state index in [-0.39, 0.29) is 36.5 Å². The van der Waals surface area contributed by atoms with Gasteiger partial charge in [0.25, 0.3) is 5.91 Å². The summed E-state index contributed by atoms with van der Waals surface area (Å²) in [5, 5.41) is 10.0. The molecule has 0 bridgehead atoms. The first-order valence-electron chi connectivity index (χ1n) is 10.2. The number of hydrogen-bond acceptors (Lipinski definition) is 4. The van der Waals surface area contributed by atoms with Crippen LogP contribution in [-0.2, 0) is 17.6 Å². The zero-order chi connectivity index (χ0) is 21.2. The second-order valence-corrected chi connectivity index (χ2v) is 7.58. The molecule has 31 heavy (non-hydrogen) atoms. The predicted molar refractivity (Wildman–Crippen MR) is 135 cm³/mol. The SMILES string of the molecule is CN=C(NCCc1ccc(OCC(=O)NC2CC2)cc1)NCCc1ccc(Cl)nc1.I. The molecule has 1 aromatic carbocycles. The van der Waals surface area contributed by atoms with Crippen molar-refractivity contribution in [3.63, 3.8) is 0 Å². The summed E-state index contributed by atoms with van der Waals surface area (Å²) >= 11 is 5.80. The van der Waals surface area contributed by atoms with Crippen LogP contribution >= 0.6 is 35.6 Å². The molecule has 3 rings (SSSR count). The van der Waals surface area contributed by atoms with Gasteiger partial charge >= 0.3 is 0 Å². The van der Waals surface area contributed by atoms with E-state index in [1.165, 1.54) is 5.56 Å². The quantitative estimate of drug-likeness (QED) is 0.181. The number of carbonyl (C=O) groups excluding carboxylic acids is 1. The first kappa shape index (κ1) is 25.2. The van der Waals surface area contributed by atoms with Crippen molar-refractivity contribution in [2.45, 2.75) is 31.7 Å². The van der Waals surface area contributed by atoms with E-state index in [4.69, 9.17) is 16.3 Å². The molecule has 1 fully saturated rings. The molecule has 0 atom stereocenters. The predicted octanol–water partition coefficient (Wildman–Crippen LogP) is 2.96. The van der Waals surface area contributed by atoms with E-state index in [1.54, 1.807) is 19.3 Å². The maximum atomic E-state index is 11.7. The molecule has 3 N–H and O–H groups in total. The highest BCUT2D eigenvalue weighted by Gasteiger charge is 2.23. The number of pyridine rings is 1. The zero-order valence-electron chi connectivity index (χ0n) is 17.6. The second-order valence-electron chi connectivity index (χ2n) is 7.19. The van der Waals surface area contributed by atoms with E-state index in [0.717, 1.165) is 50.3 Å². The molecule has 0 radical (unpaired) electrons. The first-order chi connectivity index (χ1) is 14.6. The maximum Gasteiger partial charge on any atom is 0.258 e. The van der Waals surface area contributed by atoms with Crippen LogP contribution in [0.15, 0.2) is 47.6 Å². The number of ether oxygens (including phenoxy) is 1. The summed E-state index contributed by atoms with van der Waals surface area (Å²) in [7, 11) is 1.75. The minimum Gasteiger partial charge on any atom is -0.484 e. The van der Waals surface area contributed by atoms with E-state index >= 15 is 0 Å². The first-order valence-corrected chi connectivity index (χ1v) is 10.6. The van der Waals surface area contributed by atoms with Crippen LogP contribution < -0.4 is 20.7 Å². The number of aliphatic imine (C=N–C) groups is 1. The van der Waals surface area contributed by atoms with Gasteiger partial charge in [-0.1, -0.05) is 29.8 Å². The molecule has 0 saturated heterocycles. The molecular weight excluding hydrogens is 529 g/mol. The highest BCUT2D eigenvalue weighted by molar-refractivity contribution is 14.0. The highest BCUT2D eigenvalue weighted by atomic mass is 127. The van der Waals surface area contributed by atoms with Crippen LogP contribution in [-0.4, -0.2) is 49.6 Å². The van der Waals surface area contributed by atoms with Crippen molar-refractivity contribution in [2.75, 3.05) is 26.7 Å². The van der Waals surface area contributed by atoms with Crippen LogP contribution in [0.4, 0.5) is 0 Å². The number of aromatic nitrogens is 1. The maximum absolute atomic E-state index is 11.7. The fraction of sp³-hybridized carbons (Fsp3) is 0.409. The molecule has 1 aliphatic carbocycles. The van der Waals surface area contributed by atoms with Crippen LogP contribution in [0.5, 0.6) is 5.75 Å². The summed E-state index contributed by atoms with van der Waals surface area (Å²) in [4.78, 5) is 20.0. The highest BCUT2D eigenvalue weighted by Crippen LogP contribution is 2.18. The van der Waals surface area contributed by atoms with Crippen LogP contribution in [0.25, 0.3) is 0 Å². The van der Waals surface area contributed by atoms with Gasteiger partial charge in [-0.05, 0) is 55.0 Å². The molecule has 1 amide bonds. The molecule has 2 aromatic rings. The largest absolute Gasteiger partial charge is 0.484 e. The summed E-state index contributed by atoms with van der Waals surface area (Å²) in [6, 6.07) is 11.9. The lowest BCUT2D eigenvalue weighted by Gasteiger charge is -2.12. The summed E-state index contributed by atoms with van der Waals surface area (Å²) in [5.41, 5.74) is 2.30. The molecule has 1 heterocycles. The van der Waals surface area contributed by atoms with Crippen molar-refractivity contribution in [3.05, 3.63) is 58.9 Å². The standard InChI is InChI=1S/C22H28ClN5O2.HI/c1-24-22(26-13-11-17-4-9-20(23)27-14-17)25-12-10-16-2-7-19(8-3-16)30-15-21(29)28-18-5-6-18;/h2-4,7-9,14,18H,5-6,10-13,15H2,1H3,(H,28,29)(H2,24,25,26);1H. The van der Waals surface area contributed by atoms with E-state index in [0.29, 0.717) is 16.9 Å². The van der Waals surface area contributed by atoms with Crippen molar-refractivity contribution in [1.29, 1.82) is 0 Å². The molecule has 0 unspecified atom stereocenters. The van der Waals surface area contributed by atoms with Crippen LogP contribution in [0.2, 0.25) is 5.15 Å². The summed E-state index contributed by atoms with van der Waals surface area (Å²) in [5.74, 6) is 1.40. The summed E-state index contributed by atoms with van der Waals surface area (Å²) < 4.78 is 5.53. The lowest BCUT2D eigenvalue weighted by molar-refractivity contribution is -0.123. The third-order valence-corrected chi connectivity index (χ3v) is 4.88. The minimum absolute atomic E-state index is 0. The number of hydrogen-bond donors (Lipinski definition) is 3. The number of amides is 1. The Labute approximate surface area is 205 Å². The van der Waals surface area contributed by atoms with Gasteiger partial charge in [-0.25, -0.2) is 4.98 Å². The number of nitrogens with one attached hydrogen (secondary N) is 3. The van der Waals surface area contributed by atoms with Crippen molar-refractivity contribution in [2.24, 2.45) is 4.99 Å². The van der Waals surface area contributed by atoms with Crippen LogP contribution in [0.1, 0.15) is 24.0 Å². The molecule has 1 aliphatic rings.